The van der Waals surface area contributed by atoms with Gasteiger partial charge in [-0.1, -0.05) is 17.2 Å². The van der Waals surface area contributed by atoms with Crippen molar-refractivity contribution in [1.29, 1.82) is 0 Å². The molecule has 0 unspecified atom stereocenters. The first-order valence-corrected chi connectivity index (χ1v) is 8.27. The van der Waals surface area contributed by atoms with Gasteiger partial charge in [-0.3, -0.25) is 0 Å². The van der Waals surface area contributed by atoms with Crippen LogP contribution in [-0.4, -0.2) is 29.9 Å². The van der Waals surface area contributed by atoms with E-state index >= 15 is 0 Å². The van der Waals surface area contributed by atoms with Crippen LogP contribution in [0, 0.1) is 0 Å². The van der Waals surface area contributed by atoms with Crippen molar-refractivity contribution >= 4 is 6.09 Å². The molecule has 0 heterocycles. The SMILES string of the molecule is CC(C)(C)OC(=O)N[C@H](CN=[N+]=[N-])Cc1ccc(OC(C)(C)C)cc1. The minimum absolute atomic E-state index is 0.149. The number of nitrogens with one attached hydrogen (secondary N) is 1. The van der Waals surface area contributed by atoms with Crippen molar-refractivity contribution in [3.05, 3.63) is 40.3 Å². The largest absolute Gasteiger partial charge is 0.488 e. The van der Waals surface area contributed by atoms with Gasteiger partial charge in [0.1, 0.15) is 17.0 Å². The van der Waals surface area contributed by atoms with Crippen LogP contribution in [0.2, 0.25) is 0 Å². The fourth-order valence-electron chi connectivity index (χ4n) is 2.10. The molecule has 0 saturated carbocycles. The second-order valence-corrected chi connectivity index (χ2v) is 7.82. The van der Waals surface area contributed by atoms with Gasteiger partial charge in [-0.2, -0.15) is 0 Å². The second-order valence-electron chi connectivity index (χ2n) is 7.82. The standard InChI is InChI=1S/C18H28N4O3/c1-17(2,3)24-15-9-7-13(8-10-15)11-14(12-20-22-19)21-16(23)25-18(4,5)6/h7-10,14H,11-12H2,1-6H3,(H,21,23)/t14-/m0/s1. The summed E-state index contributed by atoms with van der Waals surface area (Å²) in [6.07, 6.45) is -0.00744. The fraction of sp³-hybridized carbons (Fsp3) is 0.611. The average molecular weight is 348 g/mol. The molecule has 138 valence electrons. The summed E-state index contributed by atoms with van der Waals surface area (Å²) in [6, 6.07) is 7.29. The zero-order valence-electron chi connectivity index (χ0n) is 15.9. The van der Waals surface area contributed by atoms with Gasteiger partial charge in [-0.25, -0.2) is 4.79 Å². The Bertz CT molecular complexity index is 609. The maximum atomic E-state index is 11.9. The van der Waals surface area contributed by atoms with E-state index in [1.54, 1.807) is 20.8 Å². The summed E-state index contributed by atoms with van der Waals surface area (Å²) in [4.78, 5) is 14.7. The van der Waals surface area contributed by atoms with Crippen molar-refractivity contribution in [2.45, 2.75) is 65.2 Å². The Morgan fingerprint density at radius 1 is 1.16 bits per heavy atom. The van der Waals surface area contributed by atoms with E-state index in [9.17, 15) is 4.79 Å². The number of carbonyl (C=O) groups excluding carboxylic acids is 1. The summed E-state index contributed by atoms with van der Waals surface area (Å²) < 4.78 is 11.0. The Labute approximate surface area is 149 Å². The Balaban J connectivity index is 2.74. The lowest BCUT2D eigenvalue weighted by molar-refractivity contribution is 0.0506. The topological polar surface area (TPSA) is 96.3 Å². The van der Waals surface area contributed by atoms with Gasteiger partial charge in [0.2, 0.25) is 0 Å². The molecule has 25 heavy (non-hydrogen) atoms. The Morgan fingerprint density at radius 3 is 2.24 bits per heavy atom. The lowest BCUT2D eigenvalue weighted by Gasteiger charge is -2.23. The van der Waals surface area contributed by atoms with Crippen LogP contribution >= 0.6 is 0 Å². The number of azide groups is 1. The van der Waals surface area contributed by atoms with Gasteiger partial charge in [0.05, 0.1) is 0 Å². The van der Waals surface area contributed by atoms with E-state index < -0.39 is 11.7 Å². The van der Waals surface area contributed by atoms with Crippen LogP contribution in [0.1, 0.15) is 47.1 Å². The molecule has 0 bridgehead atoms. The normalized spacial score (nSPS) is 12.7. The second kappa shape index (κ2) is 8.62. The van der Waals surface area contributed by atoms with E-state index in [0.717, 1.165) is 11.3 Å². The van der Waals surface area contributed by atoms with Crippen LogP contribution in [0.3, 0.4) is 0 Å². The molecule has 1 rings (SSSR count). The fourth-order valence-corrected chi connectivity index (χ4v) is 2.10. The summed E-state index contributed by atoms with van der Waals surface area (Å²) in [5.74, 6) is 0.781. The van der Waals surface area contributed by atoms with E-state index in [4.69, 9.17) is 15.0 Å². The number of amides is 1. The van der Waals surface area contributed by atoms with E-state index in [1.165, 1.54) is 0 Å². The molecule has 7 nitrogen and oxygen atoms in total. The molecule has 0 aliphatic heterocycles. The van der Waals surface area contributed by atoms with Crippen molar-refractivity contribution in [2.24, 2.45) is 5.11 Å². The molecule has 1 aromatic rings. The third-order valence-electron chi connectivity index (χ3n) is 2.92. The molecule has 0 spiro atoms. The van der Waals surface area contributed by atoms with Crippen molar-refractivity contribution in [3.63, 3.8) is 0 Å². The predicted molar refractivity (Wildman–Crippen MR) is 97.7 cm³/mol. The number of nitrogens with zero attached hydrogens (tertiary/aromatic N) is 3. The first kappa shape index (κ1) is 20.6. The third kappa shape index (κ3) is 9.47. The molecule has 0 saturated heterocycles. The molecule has 7 heteroatoms. The zero-order valence-corrected chi connectivity index (χ0v) is 15.9. The maximum absolute atomic E-state index is 11.9. The van der Waals surface area contributed by atoms with Crippen molar-refractivity contribution in [2.75, 3.05) is 6.54 Å². The number of carbonyl (C=O) groups is 1. The molecule has 1 atom stereocenters. The van der Waals surface area contributed by atoms with Crippen molar-refractivity contribution < 1.29 is 14.3 Å². The molecular weight excluding hydrogens is 320 g/mol. The molecule has 1 amide bonds. The summed E-state index contributed by atoms with van der Waals surface area (Å²) in [7, 11) is 0. The van der Waals surface area contributed by atoms with Crippen molar-refractivity contribution in [3.8, 4) is 5.75 Å². The minimum Gasteiger partial charge on any atom is -0.488 e. The lowest BCUT2D eigenvalue weighted by Crippen LogP contribution is -2.41. The van der Waals surface area contributed by atoms with E-state index in [1.807, 2.05) is 45.0 Å². The Morgan fingerprint density at radius 2 is 1.76 bits per heavy atom. The lowest BCUT2D eigenvalue weighted by atomic mass is 10.1. The van der Waals surface area contributed by atoms with Gasteiger partial charge in [0.25, 0.3) is 0 Å². The molecule has 0 aromatic heterocycles. The summed E-state index contributed by atoms with van der Waals surface area (Å²) in [6.45, 7) is 11.5. The highest BCUT2D eigenvalue weighted by Gasteiger charge is 2.19. The first-order chi connectivity index (χ1) is 11.5. The summed E-state index contributed by atoms with van der Waals surface area (Å²) in [5.41, 5.74) is 8.70. The molecule has 0 aliphatic rings. The van der Waals surface area contributed by atoms with E-state index in [-0.39, 0.29) is 18.2 Å². The molecule has 1 N–H and O–H groups in total. The van der Waals surface area contributed by atoms with E-state index in [2.05, 4.69) is 15.3 Å². The molecule has 0 radical (unpaired) electrons. The van der Waals surface area contributed by atoms with Crippen molar-refractivity contribution in [1.82, 2.24) is 5.32 Å². The maximum Gasteiger partial charge on any atom is 0.407 e. The van der Waals surface area contributed by atoms with Gasteiger partial charge in [-0.05, 0) is 71.2 Å². The highest BCUT2D eigenvalue weighted by atomic mass is 16.6. The monoisotopic (exact) mass is 348 g/mol. The number of alkyl carbamates (subject to hydrolysis) is 1. The highest BCUT2D eigenvalue weighted by molar-refractivity contribution is 5.68. The van der Waals surface area contributed by atoms with Crippen LogP contribution in [0.25, 0.3) is 10.4 Å². The van der Waals surface area contributed by atoms with Crippen LogP contribution in [0.4, 0.5) is 4.79 Å². The van der Waals surface area contributed by atoms with Gasteiger partial charge in [0.15, 0.2) is 0 Å². The number of benzene rings is 1. The van der Waals surface area contributed by atoms with Gasteiger partial charge in [0, 0.05) is 17.5 Å². The minimum atomic E-state index is -0.584. The average Bonchev–Trinajstić information content (AvgIpc) is 2.43. The molecule has 0 aliphatic carbocycles. The number of hydrogen-bond donors (Lipinski definition) is 1. The van der Waals surface area contributed by atoms with Crippen LogP contribution in [0.15, 0.2) is 29.4 Å². The van der Waals surface area contributed by atoms with Gasteiger partial charge in [-0.15, -0.1) is 0 Å². The Hall–Kier alpha value is -2.40. The smallest absolute Gasteiger partial charge is 0.407 e. The molecule has 0 fully saturated rings. The Kier molecular flexibility index (Phi) is 7.12. The summed E-state index contributed by atoms with van der Waals surface area (Å²) in [5, 5.41) is 6.32. The predicted octanol–water partition coefficient (Wildman–Crippen LogP) is 4.61. The van der Waals surface area contributed by atoms with Crippen LogP contribution < -0.4 is 10.1 Å². The van der Waals surface area contributed by atoms with Crippen LogP contribution in [-0.2, 0) is 11.2 Å². The quantitative estimate of drug-likeness (QED) is 0.462. The third-order valence-corrected chi connectivity index (χ3v) is 2.92. The number of ether oxygens (including phenoxy) is 2. The number of rotatable bonds is 6. The van der Waals surface area contributed by atoms with Crippen LogP contribution in [0.5, 0.6) is 5.75 Å². The summed E-state index contributed by atoms with van der Waals surface area (Å²) >= 11 is 0. The molecule has 1 aromatic carbocycles. The number of hydrogen-bond acceptors (Lipinski definition) is 4. The van der Waals surface area contributed by atoms with Gasteiger partial charge < -0.3 is 14.8 Å². The highest BCUT2D eigenvalue weighted by Crippen LogP contribution is 2.19. The molecular formula is C18H28N4O3. The zero-order chi connectivity index (χ0) is 19.1. The first-order valence-electron chi connectivity index (χ1n) is 8.27. The van der Waals surface area contributed by atoms with Gasteiger partial charge >= 0.3 is 6.09 Å². The van der Waals surface area contributed by atoms with E-state index in [0.29, 0.717) is 6.42 Å².